The summed E-state index contributed by atoms with van der Waals surface area (Å²) in [6, 6.07) is 3.27. The van der Waals surface area contributed by atoms with Crippen LogP contribution in [-0.4, -0.2) is 43.0 Å². The molecule has 0 radical (unpaired) electrons. The Balaban J connectivity index is 1.71. The largest absolute Gasteiger partial charge is 0.310 e. The third-order valence-electron chi connectivity index (χ3n) is 4.61. The van der Waals surface area contributed by atoms with Crippen molar-refractivity contribution in [3.05, 3.63) is 39.9 Å². The molecule has 8 nitrogen and oxygen atoms in total. The number of rotatable bonds is 4. The van der Waals surface area contributed by atoms with E-state index >= 15 is 0 Å². The molecule has 3 heterocycles. The number of hydrogen-bond acceptors (Lipinski definition) is 5. The minimum atomic E-state index is -0.312. The summed E-state index contributed by atoms with van der Waals surface area (Å²) in [7, 11) is 1.66. The number of aromatic nitrogens is 4. The fraction of sp³-hybridized carbons (Fsp3) is 0.529. The lowest BCUT2D eigenvalue weighted by Gasteiger charge is -2.32. The van der Waals surface area contributed by atoms with Crippen LogP contribution in [0.4, 0.5) is 5.82 Å². The molecule has 1 amide bonds. The number of hydrogen-bond donors (Lipinski definition) is 1. The third-order valence-corrected chi connectivity index (χ3v) is 4.61. The molecule has 0 unspecified atom stereocenters. The van der Waals surface area contributed by atoms with E-state index in [4.69, 9.17) is 0 Å². The van der Waals surface area contributed by atoms with Gasteiger partial charge >= 0.3 is 0 Å². The number of carbonyl (C=O) groups excluding carboxylic acids is 1. The summed E-state index contributed by atoms with van der Waals surface area (Å²) in [6.45, 7) is 7.19. The standard InChI is InChI=1S/C17H24N6O2/c1-11(2)23-15(5-7-18-23)19-17(25)12(3)22-8-6-14-13(10-22)9-16(24)21(4)20-14/h5,7,9,11-12H,6,8,10H2,1-4H3,(H,19,25)/t12-/m1/s1. The molecule has 0 bridgehead atoms. The second-order valence-corrected chi connectivity index (χ2v) is 6.72. The van der Waals surface area contributed by atoms with Crippen molar-refractivity contribution in [2.45, 2.75) is 45.8 Å². The van der Waals surface area contributed by atoms with Crippen molar-refractivity contribution >= 4 is 11.7 Å². The smallest absolute Gasteiger partial charge is 0.266 e. The van der Waals surface area contributed by atoms with E-state index in [1.807, 2.05) is 20.8 Å². The van der Waals surface area contributed by atoms with Crippen LogP contribution in [0, 0.1) is 0 Å². The number of anilines is 1. The number of amides is 1. The van der Waals surface area contributed by atoms with Gasteiger partial charge in [-0.05, 0) is 26.3 Å². The molecule has 8 heteroatoms. The van der Waals surface area contributed by atoms with Crippen molar-refractivity contribution in [3.8, 4) is 0 Å². The van der Waals surface area contributed by atoms with E-state index in [0.717, 1.165) is 24.2 Å². The van der Waals surface area contributed by atoms with Crippen LogP contribution in [0.25, 0.3) is 0 Å². The predicted octanol–water partition coefficient (Wildman–Crippen LogP) is 0.943. The van der Waals surface area contributed by atoms with Crippen molar-refractivity contribution in [3.63, 3.8) is 0 Å². The summed E-state index contributed by atoms with van der Waals surface area (Å²) in [4.78, 5) is 26.5. The van der Waals surface area contributed by atoms with Crippen LogP contribution in [0.3, 0.4) is 0 Å². The van der Waals surface area contributed by atoms with Gasteiger partial charge in [0.2, 0.25) is 5.91 Å². The Morgan fingerprint density at radius 2 is 2.08 bits per heavy atom. The number of aryl methyl sites for hydroxylation is 1. The summed E-state index contributed by atoms with van der Waals surface area (Å²) < 4.78 is 3.14. The van der Waals surface area contributed by atoms with Gasteiger partial charge in [0, 0.05) is 44.7 Å². The molecule has 0 aromatic carbocycles. The highest BCUT2D eigenvalue weighted by atomic mass is 16.2. The molecule has 0 fully saturated rings. The molecule has 0 saturated heterocycles. The molecule has 2 aromatic heterocycles. The average molecular weight is 344 g/mol. The maximum Gasteiger partial charge on any atom is 0.266 e. The van der Waals surface area contributed by atoms with Gasteiger partial charge in [0.25, 0.3) is 5.56 Å². The van der Waals surface area contributed by atoms with Crippen molar-refractivity contribution in [1.82, 2.24) is 24.5 Å². The Kier molecular flexibility index (Phi) is 4.71. The monoisotopic (exact) mass is 344 g/mol. The maximum atomic E-state index is 12.6. The highest BCUT2D eigenvalue weighted by Crippen LogP contribution is 2.19. The minimum absolute atomic E-state index is 0.0809. The molecule has 1 atom stereocenters. The topological polar surface area (TPSA) is 85.1 Å². The van der Waals surface area contributed by atoms with Crippen molar-refractivity contribution < 1.29 is 4.79 Å². The van der Waals surface area contributed by atoms with Gasteiger partial charge in [-0.2, -0.15) is 10.2 Å². The van der Waals surface area contributed by atoms with E-state index in [2.05, 4.69) is 20.4 Å². The molecule has 1 aliphatic heterocycles. The summed E-state index contributed by atoms with van der Waals surface area (Å²) in [5.41, 5.74) is 1.71. The van der Waals surface area contributed by atoms with Crippen LogP contribution in [0.1, 0.15) is 38.1 Å². The Bertz CT molecular complexity index is 838. The van der Waals surface area contributed by atoms with Crippen LogP contribution in [-0.2, 0) is 24.8 Å². The number of carbonyl (C=O) groups is 1. The van der Waals surface area contributed by atoms with Crippen molar-refractivity contribution in [2.75, 3.05) is 11.9 Å². The molecule has 3 rings (SSSR count). The van der Waals surface area contributed by atoms with Gasteiger partial charge in [0.1, 0.15) is 5.82 Å². The first kappa shape index (κ1) is 17.3. The van der Waals surface area contributed by atoms with Crippen LogP contribution in [0.15, 0.2) is 23.1 Å². The highest BCUT2D eigenvalue weighted by molar-refractivity contribution is 5.93. The summed E-state index contributed by atoms with van der Waals surface area (Å²) in [5, 5.41) is 11.5. The van der Waals surface area contributed by atoms with Crippen molar-refractivity contribution in [2.24, 2.45) is 7.05 Å². The Labute approximate surface area is 146 Å². The van der Waals surface area contributed by atoms with E-state index in [9.17, 15) is 9.59 Å². The molecule has 0 saturated carbocycles. The third kappa shape index (κ3) is 3.48. The van der Waals surface area contributed by atoms with Crippen LogP contribution < -0.4 is 10.9 Å². The van der Waals surface area contributed by atoms with Gasteiger partial charge in [-0.15, -0.1) is 0 Å². The first-order valence-electron chi connectivity index (χ1n) is 8.51. The molecule has 134 valence electrons. The molecule has 25 heavy (non-hydrogen) atoms. The van der Waals surface area contributed by atoms with Crippen LogP contribution in [0.2, 0.25) is 0 Å². The summed E-state index contributed by atoms with van der Waals surface area (Å²) in [5.74, 6) is 0.613. The normalized spacial score (nSPS) is 15.9. The van der Waals surface area contributed by atoms with Crippen LogP contribution in [0.5, 0.6) is 0 Å². The predicted molar refractivity (Wildman–Crippen MR) is 94.3 cm³/mol. The Morgan fingerprint density at radius 3 is 2.80 bits per heavy atom. The molecule has 0 spiro atoms. The number of nitrogens with one attached hydrogen (secondary N) is 1. The first-order chi connectivity index (χ1) is 11.9. The number of fused-ring (bicyclic) bond motifs is 1. The van der Waals surface area contributed by atoms with Crippen molar-refractivity contribution in [1.29, 1.82) is 0 Å². The quantitative estimate of drug-likeness (QED) is 0.892. The molecule has 1 aliphatic rings. The zero-order valence-corrected chi connectivity index (χ0v) is 15.1. The van der Waals surface area contributed by atoms with Gasteiger partial charge in [-0.3, -0.25) is 14.5 Å². The maximum absolute atomic E-state index is 12.6. The van der Waals surface area contributed by atoms with Gasteiger partial charge < -0.3 is 5.32 Å². The second-order valence-electron chi connectivity index (χ2n) is 6.72. The van der Waals surface area contributed by atoms with E-state index in [1.54, 1.807) is 30.1 Å². The van der Waals surface area contributed by atoms with Gasteiger partial charge in [0.15, 0.2) is 0 Å². The second kappa shape index (κ2) is 6.79. The first-order valence-corrected chi connectivity index (χ1v) is 8.51. The summed E-state index contributed by atoms with van der Waals surface area (Å²) >= 11 is 0. The SMILES string of the molecule is CC(C)n1nccc1NC(=O)[C@@H](C)N1CCc2nn(C)c(=O)cc2C1. The Hall–Kier alpha value is -2.48. The fourth-order valence-electron chi connectivity index (χ4n) is 3.07. The van der Waals surface area contributed by atoms with Gasteiger partial charge in [-0.1, -0.05) is 0 Å². The molecule has 2 aromatic rings. The number of nitrogens with zero attached hydrogens (tertiary/aromatic N) is 5. The minimum Gasteiger partial charge on any atom is -0.310 e. The molecular weight excluding hydrogens is 320 g/mol. The lowest BCUT2D eigenvalue weighted by Crippen LogP contribution is -2.45. The van der Waals surface area contributed by atoms with E-state index in [1.165, 1.54) is 4.68 Å². The van der Waals surface area contributed by atoms with Gasteiger partial charge in [-0.25, -0.2) is 9.36 Å². The van der Waals surface area contributed by atoms with E-state index < -0.39 is 0 Å². The lowest BCUT2D eigenvalue weighted by molar-refractivity contribution is -0.121. The average Bonchev–Trinajstić information content (AvgIpc) is 3.03. The highest BCUT2D eigenvalue weighted by Gasteiger charge is 2.27. The molecule has 0 aliphatic carbocycles. The lowest BCUT2D eigenvalue weighted by atomic mass is 10.0. The van der Waals surface area contributed by atoms with E-state index in [-0.39, 0.29) is 23.6 Å². The fourth-order valence-corrected chi connectivity index (χ4v) is 3.07. The molecular formula is C17H24N6O2. The van der Waals surface area contributed by atoms with E-state index in [0.29, 0.717) is 12.4 Å². The van der Waals surface area contributed by atoms with Crippen LogP contribution >= 0.6 is 0 Å². The zero-order valence-electron chi connectivity index (χ0n) is 15.1. The Morgan fingerprint density at radius 1 is 1.32 bits per heavy atom. The molecule has 1 N–H and O–H groups in total. The van der Waals surface area contributed by atoms with Gasteiger partial charge in [0.05, 0.1) is 17.9 Å². The summed E-state index contributed by atoms with van der Waals surface area (Å²) in [6.07, 6.45) is 2.41. The zero-order chi connectivity index (χ0) is 18.1.